The molecule has 3 rings (SSSR count). The second-order valence-corrected chi connectivity index (χ2v) is 9.90. The Labute approximate surface area is 191 Å². The summed E-state index contributed by atoms with van der Waals surface area (Å²) >= 11 is 0. The van der Waals surface area contributed by atoms with Crippen LogP contribution in [0.5, 0.6) is 0 Å². The monoisotopic (exact) mass is 476 g/mol. The van der Waals surface area contributed by atoms with E-state index < -0.39 is 33.3 Å². The van der Waals surface area contributed by atoms with Crippen LogP contribution in [0.1, 0.15) is 38.1 Å². The van der Waals surface area contributed by atoms with Gasteiger partial charge in [-0.3, -0.25) is 10.0 Å². The molecule has 0 bridgehead atoms. The van der Waals surface area contributed by atoms with Crippen molar-refractivity contribution in [3.8, 4) is 11.4 Å². The molecule has 3 aromatic rings. The van der Waals surface area contributed by atoms with Crippen molar-refractivity contribution in [3.63, 3.8) is 0 Å². The Hall–Kier alpha value is -3.54. The van der Waals surface area contributed by atoms with Crippen LogP contribution >= 0.6 is 0 Å². The van der Waals surface area contributed by atoms with Gasteiger partial charge in [-0.25, -0.2) is 27.3 Å². The van der Waals surface area contributed by atoms with E-state index in [-0.39, 0.29) is 11.5 Å². The van der Waals surface area contributed by atoms with Crippen LogP contribution in [0.4, 0.5) is 20.7 Å². The summed E-state index contributed by atoms with van der Waals surface area (Å²) in [6.45, 7) is 6.43. The van der Waals surface area contributed by atoms with Crippen molar-refractivity contribution in [2.45, 2.75) is 39.0 Å². The molecule has 176 valence electrons. The molecule has 10 nitrogen and oxygen atoms in total. The normalized spacial score (nSPS) is 12.5. The average molecular weight is 477 g/mol. The van der Waals surface area contributed by atoms with E-state index in [1.54, 1.807) is 52.9 Å². The molecule has 0 aliphatic heterocycles. The van der Waals surface area contributed by atoms with E-state index in [2.05, 4.69) is 25.3 Å². The minimum Gasteiger partial charge on any atom is -0.441 e. The topological polar surface area (TPSA) is 128 Å². The Morgan fingerprint density at radius 1 is 1.18 bits per heavy atom. The van der Waals surface area contributed by atoms with Gasteiger partial charge in [0.2, 0.25) is 10.0 Å². The van der Waals surface area contributed by atoms with Gasteiger partial charge in [0.05, 0.1) is 22.3 Å². The van der Waals surface area contributed by atoms with Crippen molar-refractivity contribution in [2.24, 2.45) is 7.05 Å². The third-order valence-corrected chi connectivity index (χ3v) is 6.60. The highest BCUT2D eigenvalue weighted by Crippen LogP contribution is 2.27. The summed E-state index contributed by atoms with van der Waals surface area (Å²) in [5.74, 6) is -0.198. The first-order valence-electron chi connectivity index (χ1n) is 10.1. The standard InChI is InChI=1S/C21H25FN6O4S/c1-12(2)33(30,31)26-17-9-10-18(23-13(17)3)19-20(28(5)27-25-19)24-21(29)32-14(4)15-7-6-8-16(22)11-15/h6-12,14,26H,1-5H3,(H,24,29)/t14-/m1/s1. The molecule has 2 heterocycles. The van der Waals surface area contributed by atoms with Gasteiger partial charge in [-0.2, -0.15) is 0 Å². The summed E-state index contributed by atoms with van der Waals surface area (Å²) in [7, 11) is -1.94. The fourth-order valence-corrected chi connectivity index (χ4v) is 3.61. The molecular weight excluding hydrogens is 451 g/mol. The molecule has 0 aliphatic carbocycles. The van der Waals surface area contributed by atoms with E-state index in [1.165, 1.54) is 22.9 Å². The maximum atomic E-state index is 13.4. The van der Waals surface area contributed by atoms with Crippen LogP contribution in [0, 0.1) is 12.7 Å². The Bertz CT molecular complexity index is 1280. The van der Waals surface area contributed by atoms with E-state index in [9.17, 15) is 17.6 Å². The number of nitrogens with zero attached hydrogens (tertiary/aromatic N) is 4. The second kappa shape index (κ2) is 9.53. The number of anilines is 2. The lowest BCUT2D eigenvalue weighted by molar-refractivity contribution is 0.121. The van der Waals surface area contributed by atoms with Crippen LogP contribution in [-0.4, -0.2) is 39.7 Å². The van der Waals surface area contributed by atoms with E-state index >= 15 is 0 Å². The predicted octanol–water partition coefficient (Wildman–Crippen LogP) is 3.78. The number of aromatic nitrogens is 4. The summed E-state index contributed by atoms with van der Waals surface area (Å²) in [5.41, 5.74) is 1.92. The number of aryl methyl sites for hydroxylation is 2. The fraction of sp³-hybridized carbons (Fsp3) is 0.333. The largest absolute Gasteiger partial charge is 0.441 e. The van der Waals surface area contributed by atoms with E-state index in [0.717, 1.165) is 0 Å². The number of pyridine rings is 1. The zero-order chi connectivity index (χ0) is 24.3. The van der Waals surface area contributed by atoms with Gasteiger partial charge in [0, 0.05) is 7.05 Å². The summed E-state index contributed by atoms with van der Waals surface area (Å²) in [6, 6.07) is 8.92. The van der Waals surface area contributed by atoms with Crippen LogP contribution in [-0.2, 0) is 21.8 Å². The van der Waals surface area contributed by atoms with E-state index in [4.69, 9.17) is 4.74 Å². The molecule has 0 saturated carbocycles. The van der Waals surface area contributed by atoms with Crippen LogP contribution in [0.2, 0.25) is 0 Å². The number of carbonyl (C=O) groups excluding carboxylic acids is 1. The molecule has 12 heteroatoms. The van der Waals surface area contributed by atoms with Gasteiger partial charge in [0.15, 0.2) is 11.5 Å². The second-order valence-electron chi connectivity index (χ2n) is 7.66. The molecule has 1 amide bonds. The number of hydrogen-bond acceptors (Lipinski definition) is 7. The minimum atomic E-state index is -3.53. The first-order valence-corrected chi connectivity index (χ1v) is 11.6. The van der Waals surface area contributed by atoms with E-state index in [0.29, 0.717) is 22.6 Å². The number of carbonyl (C=O) groups is 1. The zero-order valence-corrected chi connectivity index (χ0v) is 19.6. The molecule has 1 aromatic carbocycles. The van der Waals surface area contributed by atoms with Crippen molar-refractivity contribution < 1.29 is 22.3 Å². The predicted molar refractivity (Wildman–Crippen MR) is 122 cm³/mol. The van der Waals surface area contributed by atoms with Gasteiger partial charge < -0.3 is 4.74 Å². The smallest absolute Gasteiger partial charge is 0.413 e. The van der Waals surface area contributed by atoms with Crippen molar-refractivity contribution in [1.29, 1.82) is 0 Å². The summed E-state index contributed by atoms with van der Waals surface area (Å²) in [5, 5.41) is 9.97. The van der Waals surface area contributed by atoms with Crippen molar-refractivity contribution in [2.75, 3.05) is 10.0 Å². The number of rotatable bonds is 7. The Morgan fingerprint density at radius 3 is 2.55 bits per heavy atom. The van der Waals surface area contributed by atoms with Crippen molar-refractivity contribution in [3.05, 3.63) is 53.5 Å². The highest BCUT2D eigenvalue weighted by atomic mass is 32.2. The summed E-state index contributed by atoms with van der Waals surface area (Å²) < 4.78 is 46.9. The molecular formula is C21H25FN6O4S. The first-order chi connectivity index (χ1) is 15.5. The molecule has 0 unspecified atom stereocenters. The Morgan fingerprint density at radius 2 is 1.91 bits per heavy atom. The highest BCUT2D eigenvalue weighted by molar-refractivity contribution is 7.93. The molecule has 0 saturated heterocycles. The fourth-order valence-electron chi connectivity index (χ4n) is 2.86. The number of amides is 1. The van der Waals surface area contributed by atoms with Gasteiger partial charge in [-0.05, 0) is 57.5 Å². The summed E-state index contributed by atoms with van der Waals surface area (Å²) in [4.78, 5) is 16.9. The molecule has 0 aliphatic rings. The lowest BCUT2D eigenvalue weighted by Crippen LogP contribution is -2.23. The minimum absolute atomic E-state index is 0.230. The van der Waals surface area contributed by atoms with Gasteiger partial charge in [0.1, 0.15) is 11.9 Å². The molecule has 2 aromatic heterocycles. The van der Waals surface area contributed by atoms with Crippen LogP contribution in [0.25, 0.3) is 11.4 Å². The van der Waals surface area contributed by atoms with Crippen LogP contribution in [0.15, 0.2) is 36.4 Å². The van der Waals surface area contributed by atoms with Gasteiger partial charge in [-0.1, -0.05) is 17.3 Å². The maximum absolute atomic E-state index is 13.4. The van der Waals surface area contributed by atoms with Gasteiger partial charge >= 0.3 is 6.09 Å². The Balaban J connectivity index is 1.79. The highest BCUT2D eigenvalue weighted by Gasteiger charge is 2.21. The number of sulfonamides is 1. The number of halogens is 1. The Kier molecular flexibility index (Phi) is 6.96. The lowest BCUT2D eigenvalue weighted by Gasteiger charge is -2.15. The number of benzene rings is 1. The number of hydrogen-bond donors (Lipinski definition) is 2. The molecule has 0 radical (unpaired) electrons. The SMILES string of the molecule is Cc1nc(-c2nnn(C)c2NC(=O)O[C@H](C)c2cccc(F)c2)ccc1NS(=O)(=O)C(C)C. The molecule has 1 atom stereocenters. The molecule has 33 heavy (non-hydrogen) atoms. The third-order valence-electron chi connectivity index (χ3n) is 4.85. The van der Waals surface area contributed by atoms with Gasteiger partial charge in [0.25, 0.3) is 0 Å². The zero-order valence-electron chi connectivity index (χ0n) is 18.8. The number of ether oxygens (including phenoxy) is 1. The number of nitrogens with one attached hydrogen (secondary N) is 2. The third kappa shape index (κ3) is 5.64. The first kappa shape index (κ1) is 24.1. The van der Waals surface area contributed by atoms with Crippen LogP contribution < -0.4 is 10.0 Å². The van der Waals surface area contributed by atoms with Crippen molar-refractivity contribution in [1.82, 2.24) is 20.0 Å². The maximum Gasteiger partial charge on any atom is 0.413 e. The lowest BCUT2D eigenvalue weighted by atomic mass is 10.1. The molecule has 0 spiro atoms. The van der Waals surface area contributed by atoms with Crippen LogP contribution in [0.3, 0.4) is 0 Å². The molecule has 0 fully saturated rings. The molecule has 2 N–H and O–H groups in total. The quantitative estimate of drug-likeness (QED) is 0.531. The summed E-state index contributed by atoms with van der Waals surface area (Å²) in [6.07, 6.45) is -1.48. The van der Waals surface area contributed by atoms with Gasteiger partial charge in [-0.15, -0.1) is 5.10 Å². The van der Waals surface area contributed by atoms with Crippen molar-refractivity contribution >= 4 is 27.6 Å². The average Bonchev–Trinajstić information content (AvgIpc) is 3.09. The van der Waals surface area contributed by atoms with E-state index in [1.807, 2.05) is 0 Å².